The largest absolute Gasteiger partial charge is 0.466 e. The first-order valence-corrected chi connectivity index (χ1v) is 7.06. The summed E-state index contributed by atoms with van der Waals surface area (Å²) >= 11 is 0. The van der Waals surface area contributed by atoms with Gasteiger partial charge in [0.15, 0.2) is 0 Å². The number of carbonyl (C=O) groups excluding carboxylic acids is 3. The van der Waals surface area contributed by atoms with E-state index >= 15 is 0 Å². The third-order valence-electron chi connectivity index (χ3n) is 2.57. The lowest BCUT2D eigenvalue weighted by atomic mass is 10.1. The molecule has 0 aliphatic carbocycles. The van der Waals surface area contributed by atoms with Crippen molar-refractivity contribution in [2.75, 3.05) is 13.7 Å². The molecule has 1 atom stereocenters. The van der Waals surface area contributed by atoms with Gasteiger partial charge in [0.25, 0.3) is 0 Å². The number of ether oxygens (including phenoxy) is 2. The molecule has 0 rings (SSSR count). The Bertz CT molecular complexity index is 424. The van der Waals surface area contributed by atoms with Gasteiger partial charge in [-0.1, -0.05) is 13.8 Å². The average Bonchev–Trinajstić information content (AvgIpc) is 2.38. The van der Waals surface area contributed by atoms with Crippen LogP contribution >= 0.6 is 0 Å². The summed E-state index contributed by atoms with van der Waals surface area (Å²) in [5, 5.41) is 5.54. The quantitative estimate of drug-likeness (QED) is 0.570. The first-order chi connectivity index (χ1) is 10.0. The molecule has 0 radical (unpaired) electrons. The molecule has 2 amide bonds. The summed E-state index contributed by atoms with van der Waals surface area (Å²) in [5.41, 5.74) is -0.356. The minimum atomic E-state index is -0.672. The van der Waals surface area contributed by atoms with Crippen molar-refractivity contribution in [2.45, 2.75) is 46.2 Å². The first kappa shape index (κ1) is 19.9. The van der Waals surface area contributed by atoms with Crippen LogP contribution in [0.4, 0.5) is 4.79 Å². The van der Waals surface area contributed by atoms with Crippen molar-refractivity contribution in [1.29, 1.82) is 0 Å². The highest BCUT2D eigenvalue weighted by Crippen LogP contribution is 2.04. The van der Waals surface area contributed by atoms with E-state index in [4.69, 9.17) is 4.74 Å². The summed E-state index contributed by atoms with van der Waals surface area (Å²) in [5.74, 6) is -1.24. The van der Waals surface area contributed by atoms with E-state index in [0.717, 1.165) is 12.2 Å². The Morgan fingerprint density at radius 1 is 1.09 bits per heavy atom. The molecule has 7 heteroatoms. The van der Waals surface area contributed by atoms with Crippen LogP contribution < -0.4 is 10.6 Å². The third kappa shape index (κ3) is 9.79. The molecule has 0 bridgehead atoms. The molecule has 0 fully saturated rings. The summed E-state index contributed by atoms with van der Waals surface area (Å²) in [6, 6.07) is -0.662. The third-order valence-corrected chi connectivity index (χ3v) is 2.57. The smallest absolute Gasteiger partial charge is 0.331 e. The van der Waals surface area contributed by atoms with Gasteiger partial charge in [-0.2, -0.15) is 0 Å². The monoisotopic (exact) mass is 314 g/mol. The molecule has 0 aromatic carbocycles. The van der Waals surface area contributed by atoms with E-state index in [1.807, 2.05) is 34.6 Å². The minimum Gasteiger partial charge on any atom is -0.466 e. The van der Waals surface area contributed by atoms with Crippen LogP contribution in [0.3, 0.4) is 0 Å². The summed E-state index contributed by atoms with van der Waals surface area (Å²) in [4.78, 5) is 34.2. The average molecular weight is 314 g/mol. The normalized spacial score (nSPS) is 12.9. The zero-order chi connectivity index (χ0) is 17.3. The predicted octanol–water partition coefficient (Wildman–Crippen LogP) is 1.38. The van der Waals surface area contributed by atoms with Crippen molar-refractivity contribution in [2.24, 2.45) is 5.92 Å². The number of methoxy groups -OCH3 is 1. The minimum absolute atomic E-state index is 0.0135. The van der Waals surface area contributed by atoms with E-state index in [-0.39, 0.29) is 30.1 Å². The molecule has 22 heavy (non-hydrogen) atoms. The van der Waals surface area contributed by atoms with E-state index in [0.29, 0.717) is 0 Å². The summed E-state index contributed by atoms with van der Waals surface area (Å²) < 4.78 is 9.38. The summed E-state index contributed by atoms with van der Waals surface area (Å²) in [6.45, 7) is 9.43. The topological polar surface area (TPSA) is 93.7 Å². The van der Waals surface area contributed by atoms with Gasteiger partial charge >= 0.3 is 18.0 Å². The number of hydrogen-bond donors (Lipinski definition) is 2. The summed E-state index contributed by atoms with van der Waals surface area (Å²) in [6.07, 6.45) is 1.96. The maximum absolute atomic E-state index is 11.8. The van der Waals surface area contributed by atoms with Gasteiger partial charge in [0.05, 0.1) is 13.2 Å². The van der Waals surface area contributed by atoms with Crippen molar-refractivity contribution in [3.63, 3.8) is 0 Å². The zero-order valence-corrected chi connectivity index (χ0v) is 14.1. The molecule has 0 aliphatic rings. The fraction of sp³-hybridized carbons (Fsp3) is 0.667. The molecular formula is C15H26N2O5. The number of amides is 2. The fourth-order valence-corrected chi connectivity index (χ4v) is 1.37. The Morgan fingerprint density at radius 2 is 1.64 bits per heavy atom. The molecule has 0 aromatic rings. The molecule has 0 heterocycles. The van der Waals surface area contributed by atoms with Gasteiger partial charge < -0.3 is 20.1 Å². The van der Waals surface area contributed by atoms with E-state index in [2.05, 4.69) is 15.4 Å². The Hall–Kier alpha value is -2.05. The van der Waals surface area contributed by atoms with Crippen LogP contribution in [-0.2, 0) is 19.1 Å². The van der Waals surface area contributed by atoms with Crippen LogP contribution in [0.2, 0.25) is 0 Å². The van der Waals surface area contributed by atoms with Crippen molar-refractivity contribution < 1.29 is 23.9 Å². The van der Waals surface area contributed by atoms with Gasteiger partial charge in [0.1, 0.15) is 6.61 Å². The molecule has 0 unspecified atom stereocenters. The van der Waals surface area contributed by atoms with Gasteiger partial charge in [-0.15, -0.1) is 0 Å². The Labute approximate surface area is 131 Å². The Morgan fingerprint density at radius 3 is 2.09 bits per heavy atom. The highest BCUT2D eigenvalue weighted by molar-refractivity contribution is 5.91. The van der Waals surface area contributed by atoms with Gasteiger partial charge in [-0.25, -0.2) is 14.4 Å². The van der Waals surface area contributed by atoms with Gasteiger partial charge in [-0.3, -0.25) is 0 Å². The molecule has 0 aliphatic heterocycles. The number of hydrogen-bond acceptors (Lipinski definition) is 5. The van der Waals surface area contributed by atoms with Crippen molar-refractivity contribution in [3.05, 3.63) is 12.2 Å². The summed E-state index contributed by atoms with van der Waals surface area (Å²) in [7, 11) is 1.21. The number of rotatable bonds is 6. The van der Waals surface area contributed by atoms with Gasteiger partial charge in [0, 0.05) is 17.7 Å². The fourth-order valence-electron chi connectivity index (χ4n) is 1.37. The lowest BCUT2D eigenvalue weighted by molar-refractivity contribution is -0.140. The Kier molecular flexibility index (Phi) is 8.22. The highest BCUT2D eigenvalue weighted by Gasteiger charge is 2.20. The zero-order valence-electron chi connectivity index (χ0n) is 14.1. The predicted molar refractivity (Wildman–Crippen MR) is 82.2 cm³/mol. The SMILES string of the molecule is COC(=O)/C=C/C(=O)OC[C@H](NC(=O)NC(C)(C)C)C(C)C. The molecule has 2 N–H and O–H groups in total. The number of carbonyl (C=O) groups is 3. The molecule has 126 valence electrons. The van der Waals surface area contributed by atoms with Crippen LogP contribution in [0.25, 0.3) is 0 Å². The molecule has 0 saturated heterocycles. The highest BCUT2D eigenvalue weighted by atomic mass is 16.5. The molecule has 0 saturated carbocycles. The van der Waals surface area contributed by atoms with Crippen molar-refractivity contribution >= 4 is 18.0 Å². The van der Waals surface area contributed by atoms with E-state index in [9.17, 15) is 14.4 Å². The number of esters is 2. The first-order valence-electron chi connectivity index (χ1n) is 7.06. The second kappa shape index (κ2) is 9.07. The Balaban J connectivity index is 4.42. The van der Waals surface area contributed by atoms with E-state index in [1.54, 1.807) is 0 Å². The second-order valence-corrected chi connectivity index (χ2v) is 6.19. The lowest BCUT2D eigenvalue weighted by Gasteiger charge is -2.26. The maximum atomic E-state index is 11.8. The second-order valence-electron chi connectivity index (χ2n) is 6.19. The van der Waals surface area contributed by atoms with Crippen LogP contribution in [0.5, 0.6) is 0 Å². The van der Waals surface area contributed by atoms with Gasteiger partial charge in [0.2, 0.25) is 0 Å². The van der Waals surface area contributed by atoms with E-state index < -0.39 is 11.9 Å². The van der Waals surface area contributed by atoms with Crippen LogP contribution in [-0.4, -0.2) is 43.3 Å². The molecular weight excluding hydrogens is 288 g/mol. The maximum Gasteiger partial charge on any atom is 0.331 e. The lowest BCUT2D eigenvalue weighted by Crippen LogP contribution is -2.52. The molecule has 0 spiro atoms. The van der Waals surface area contributed by atoms with Crippen molar-refractivity contribution in [3.8, 4) is 0 Å². The van der Waals surface area contributed by atoms with Crippen LogP contribution in [0.15, 0.2) is 12.2 Å². The number of urea groups is 1. The van der Waals surface area contributed by atoms with Crippen LogP contribution in [0.1, 0.15) is 34.6 Å². The molecule has 7 nitrogen and oxygen atoms in total. The standard InChI is InChI=1S/C15H26N2O5/c1-10(2)11(16-14(20)17-15(3,4)5)9-22-13(19)8-7-12(18)21-6/h7-8,10-11H,9H2,1-6H3,(H2,16,17,20)/b8-7+/t11-/m0/s1. The number of nitrogens with one attached hydrogen (secondary N) is 2. The van der Waals surface area contributed by atoms with Crippen LogP contribution in [0, 0.1) is 5.92 Å². The van der Waals surface area contributed by atoms with Crippen molar-refractivity contribution in [1.82, 2.24) is 10.6 Å². The van der Waals surface area contributed by atoms with Gasteiger partial charge in [-0.05, 0) is 26.7 Å². The van der Waals surface area contributed by atoms with E-state index in [1.165, 1.54) is 7.11 Å². The molecule has 0 aromatic heterocycles.